The van der Waals surface area contributed by atoms with Crippen molar-refractivity contribution < 1.29 is 27.1 Å². The Morgan fingerprint density at radius 2 is 1.97 bits per heavy atom. The molecule has 35 heavy (non-hydrogen) atoms. The van der Waals surface area contributed by atoms with Gasteiger partial charge in [0.15, 0.2) is 0 Å². The van der Waals surface area contributed by atoms with Crippen LogP contribution in [0.2, 0.25) is 0 Å². The Balaban J connectivity index is 1.42. The summed E-state index contributed by atoms with van der Waals surface area (Å²) in [6.45, 7) is 2.08. The maximum absolute atomic E-state index is 14.4. The third-order valence-corrected chi connectivity index (χ3v) is 6.64. The molecule has 0 radical (unpaired) electrons. The third-order valence-electron chi connectivity index (χ3n) is 6.64. The predicted molar refractivity (Wildman–Crippen MR) is 116 cm³/mol. The standard InChI is InChI=1S/C23H18F4N6O2/c1-10-29-9-19-21(28)31-16-8-30-15(7-18(16)33(10)19)22(34)32-3-2-11-4-17(32)12-5-14(24)13(23(25,26)27)6-20(12)35-11/h5-9,11,17H,2-4H2,1H3,(H2,28,31)/t11-,17+/m1/s1. The number of halogens is 4. The summed E-state index contributed by atoms with van der Waals surface area (Å²) in [4.78, 5) is 28.0. The van der Waals surface area contributed by atoms with Crippen molar-refractivity contribution in [1.29, 1.82) is 0 Å². The fourth-order valence-electron chi connectivity index (χ4n) is 4.99. The normalized spacial score (nSPS) is 19.6. The largest absolute Gasteiger partial charge is 0.490 e. The van der Waals surface area contributed by atoms with Crippen LogP contribution in [0.3, 0.4) is 0 Å². The Labute approximate surface area is 195 Å². The number of nitrogen functional groups attached to an aromatic ring is 1. The number of nitrogens with two attached hydrogens (primary N) is 1. The van der Waals surface area contributed by atoms with E-state index in [9.17, 15) is 22.4 Å². The van der Waals surface area contributed by atoms with E-state index in [1.54, 1.807) is 23.6 Å². The number of piperidine rings is 1. The van der Waals surface area contributed by atoms with Gasteiger partial charge in [-0.3, -0.25) is 9.20 Å². The number of aromatic nitrogens is 4. The number of pyridine rings is 1. The van der Waals surface area contributed by atoms with Crippen molar-refractivity contribution in [2.45, 2.75) is 38.1 Å². The van der Waals surface area contributed by atoms with Gasteiger partial charge in [0.05, 0.1) is 29.5 Å². The first-order chi connectivity index (χ1) is 16.6. The Hall–Kier alpha value is -3.96. The second-order valence-corrected chi connectivity index (χ2v) is 8.73. The summed E-state index contributed by atoms with van der Waals surface area (Å²) in [5.74, 6) is -0.953. The number of anilines is 1. The first-order valence-corrected chi connectivity index (χ1v) is 10.9. The van der Waals surface area contributed by atoms with Crippen LogP contribution in [0.4, 0.5) is 23.4 Å². The second kappa shape index (κ2) is 7.27. The average molecular weight is 486 g/mol. The van der Waals surface area contributed by atoms with E-state index in [4.69, 9.17) is 10.5 Å². The molecule has 1 saturated heterocycles. The molecule has 8 nitrogen and oxygen atoms in total. The minimum absolute atomic E-state index is 0.0561. The van der Waals surface area contributed by atoms with Crippen LogP contribution in [-0.2, 0) is 6.18 Å². The van der Waals surface area contributed by atoms with Crippen LogP contribution < -0.4 is 10.5 Å². The lowest BCUT2D eigenvalue weighted by Gasteiger charge is -2.44. The van der Waals surface area contributed by atoms with E-state index in [-0.39, 0.29) is 35.5 Å². The molecule has 0 saturated carbocycles. The van der Waals surface area contributed by atoms with Gasteiger partial charge in [0.1, 0.15) is 46.0 Å². The van der Waals surface area contributed by atoms with Crippen molar-refractivity contribution in [1.82, 2.24) is 24.3 Å². The lowest BCUT2D eigenvalue weighted by molar-refractivity contribution is -0.140. The van der Waals surface area contributed by atoms with E-state index < -0.39 is 29.5 Å². The van der Waals surface area contributed by atoms with Crippen molar-refractivity contribution >= 4 is 28.3 Å². The van der Waals surface area contributed by atoms with Gasteiger partial charge in [-0.15, -0.1) is 0 Å². The monoisotopic (exact) mass is 486 g/mol. The molecule has 5 heterocycles. The van der Waals surface area contributed by atoms with Crippen molar-refractivity contribution in [3.8, 4) is 5.75 Å². The minimum atomic E-state index is -4.85. The van der Waals surface area contributed by atoms with E-state index in [1.807, 2.05) is 0 Å². The van der Waals surface area contributed by atoms with Gasteiger partial charge in [0, 0.05) is 24.9 Å². The first kappa shape index (κ1) is 21.6. The van der Waals surface area contributed by atoms with Crippen LogP contribution in [-0.4, -0.2) is 42.8 Å². The number of nitrogens with zero attached hydrogens (tertiary/aromatic N) is 5. The smallest absolute Gasteiger partial charge is 0.419 e. The van der Waals surface area contributed by atoms with E-state index in [1.165, 1.54) is 11.1 Å². The molecule has 0 aliphatic carbocycles. The van der Waals surface area contributed by atoms with Gasteiger partial charge in [-0.1, -0.05) is 0 Å². The zero-order chi connectivity index (χ0) is 24.6. The van der Waals surface area contributed by atoms with E-state index in [0.717, 1.165) is 6.07 Å². The first-order valence-electron chi connectivity index (χ1n) is 10.9. The molecule has 0 spiro atoms. The van der Waals surface area contributed by atoms with Crippen LogP contribution >= 0.6 is 0 Å². The van der Waals surface area contributed by atoms with Crippen LogP contribution in [0.25, 0.3) is 16.6 Å². The fourth-order valence-corrected chi connectivity index (χ4v) is 4.99. The van der Waals surface area contributed by atoms with Gasteiger partial charge in [-0.2, -0.15) is 13.2 Å². The highest BCUT2D eigenvalue weighted by atomic mass is 19.4. The molecule has 1 aromatic carbocycles. The number of likely N-dealkylation sites (tertiary alicyclic amines) is 1. The summed E-state index contributed by atoms with van der Waals surface area (Å²) in [6, 6.07) is 2.45. The van der Waals surface area contributed by atoms with Crippen LogP contribution in [0.1, 0.15) is 46.3 Å². The molecule has 12 heteroatoms. The number of carbonyl (C=O) groups is 1. The van der Waals surface area contributed by atoms with Gasteiger partial charge < -0.3 is 15.4 Å². The lowest BCUT2D eigenvalue weighted by atomic mass is 9.88. The molecular formula is C23H18F4N6O2. The number of ether oxygens (including phenoxy) is 1. The maximum Gasteiger partial charge on any atom is 0.419 e. The summed E-state index contributed by atoms with van der Waals surface area (Å²) in [5, 5.41) is 0. The van der Waals surface area contributed by atoms with Crippen LogP contribution in [0.15, 0.2) is 30.6 Å². The minimum Gasteiger partial charge on any atom is -0.490 e. The number of rotatable bonds is 1. The van der Waals surface area contributed by atoms with Gasteiger partial charge in [-0.25, -0.2) is 19.3 Å². The van der Waals surface area contributed by atoms with Crippen molar-refractivity contribution in [3.05, 3.63) is 59.1 Å². The molecule has 180 valence electrons. The molecule has 0 unspecified atom stereocenters. The molecule has 2 N–H and O–H groups in total. The van der Waals surface area contributed by atoms with Gasteiger partial charge in [0.2, 0.25) is 0 Å². The summed E-state index contributed by atoms with van der Waals surface area (Å²) in [7, 11) is 0. The number of hydrogen-bond acceptors (Lipinski definition) is 6. The van der Waals surface area contributed by atoms with Crippen LogP contribution in [0, 0.1) is 12.7 Å². The van der Waals surface area contributed by atoms with Crippen LogP contribution in [0.5, 0.6) is 5.75 Å². The summed E-state index contributed by atoms with van der Waals surface area (Å²) >= 11 is 0. The molecule has 2 aliphatic rings. The fraction of sp³-hybridized carbons (Fsp3) is 0.304. The molecule has 1 amide bonds. The lowest BCUT2D eigenvalue weighted by Crippen LogP contribution is -2.46. The highest BCUT2D eigenvalue weighted by Gasteiger charge is 2.42. The number of aryl methyl sites for hydroxylation is 1. The molecule has 1 fully saturated rings. The molecule has 3 aromatic heterocycles. The molecule has 2 atom stereocenters. The number of benzene rings is 1. The topological polar surface area (TPSA) is 98.6 Å². The molecule has 2 bridgehead atoms. The maximum atomic E-state index is 14.4. The summed E-state index contributed by atoms with van der Waals surface area (Å²) in [5.41, 5.74) is 6.61. The van der Waals surface area contributed by atoms with Gasteiger partial charge in [0.25, 0.3) is 5.91 Å². The molecular weight excluding hydrogens is 468 g/mol. The zero-order valence-corrected chi connectivity index (χ0v) is 18.3. The summed E-state index contributed by atoms with van der Waals surface area (Å²) < 4.78 is 61.5. The van der Waals surface area contributed by atoms with E-state index in [0.29, 0.717) is 41.3 Å². The molecule has 2 aliphatic heterocycles. The molecule has 6 rings (SSSR count). The highest BCUT2D eigenvalue weighted by Crippen LogP contribution is 2.46. The van der Waals surface area contributed by atoms with E-state index >= 15 is 0 Å². The Kier molecular flexibility index (Phi) is 4.48. The Morgan fingerprint density at radius 3 is 2.74 bits per heavy atom. The number of fused-ring (bicyclic) bond motifs is 7. The number of hydrogen-bond donors (Lipinski definition) is 1. The number of imidazole rings is 1. The third kappa shape index (κ3) is 3.27. The highest BCUT2D eigenvalue weighted by molar-refractivity contribution is 5.96. The van der Waals surface area contributed by atoms with Crippen molar-refractivity contribution in [2.75, 3.05) is 12.3 Å². The Morgan fingerprint density at radius 1 is 1.17 bits per heavy atom. The summed E-state index contributed by atoms with van der Waals surface area (Å²) in [6.07, 6.45) is -1.41. The second-order valence-electron chi connectivity index (χ2n) is 8.73. The average Bonchev–Trinajstić information content (AvgIpc) is 3.21. The zero-order valence-electron chi connectivity index (χ0n) is 18.3. The number of amides is 1. The van der Waals surface area contributed by atoms with Crippen molar-refractivity contribution in [2.24, 2.45) is 0 Å². The van der Waals surface area contributed by atoms with Crippen molar-refractivity contribution in [3.63, 3.8) is 0 Å². The van der Waals surface area contributed by atoms with E-state index in [2.05, 4.69) is 15.0 Å². The quantitative estimate of drug-likeness (QED) is 0.408. The molecule has 4 aromatic rings. The predicted octanol–water partition coefficient (Wildman–Crippen LogP) is 4.06. The van der Waals surface area contributed by atoms with Gasteiger partial charge in [-0.05, 0) is 25.1 Å². The SMILES string of the molecule is Cc1ncc2c(N)nc3cnc(C(=O)N4CC[C@@H]5C[C@H]4c4cc(F)c(C(F)(F)F)cc4O5)cc3n12. The Bertz CT molecular complexity index is 1530. The number of carbonyl (C=O) groups excluding carboxylic acids is 1. The van der Waals surface area contributed by atoms with Gasteiger partial charge >= 0.3 is 6.18 Å². The number of alkyl halides is 3.